The second-order valence-corrected chi connectivity index (χ2v) is 4.53. The van der Waals surface area contributed by atoms with Gasteiger partial charge in [-0.25, -0.2) is 0 Å². The third-order valence-corrected chi connectivity index (χ3v) is 3.02. The highest BCUT2D eigenvalue weighted by molar-refractivity contribution is 7.80. The Hall–Kier alpha value is -0.960. The second kappa shape index (κ2) is 7.34. The van der Waals surface area contributed by atoms with Gasteiger partial charge in [0.15, 0.2) is 0 Å². The van der Waals surface area contributed by atoms with Crippen molar-refractivity contribution in [3.8, 4) is 0 Å². The van der Waals surface area contributed by atoms with Gasteiger partial charge in [0.2, 0.25) is 0 Å². The molecule has 1 atom stereocenters. The van der Waals surface area contributed by atoms with Crippen LogP contribution in [0.5, 0.6) is 0 Å². The Bertz CT molecular complexity index is 311. The van der Waals surface area contributed by atoms with Crippen molar-refractivity contribution in [2.75, 3.05) is 0 Å². The summed E-state index contributed by atoms with van der Waals surface area (Å²) in [6.07, 6.45) is 7.78. The third kappa shape index (κ3) is 4.27. The summed E-state index contributed by atoms with van der Waals surface area (Å²) in [5.41, 5.74) is 6.78. The number of nitrogens with zero attached hydrogens (tertiary/aromatic N) is 1. The second-order valence-electron chi connectivity index (χ2n) is 4.06. The number of pyridine rings is 1. The molecule has 0 aromatic carbocycles. The zero-order valence-electron chi connectivity index (χ0n) is 9.86. The van der Waals surface area contributed by atoms with Crippen molar-refractivity contribution in [1.29, 1.82) is 0 Å². The Labute approximate surface area is 103 Å². The molecule has 1 aromatic heterocycles. The first kappa shape index (κ1) is 13.1. The van der Waals surface area contributed by atoms with Crippen LogP contribution < -0.4 is 5.73 Å². The molecule has 0 radical (unpaired) electrons. The smallest absolute Gasteiger partial charge is 0.0819 e. The molecule has 1 rings (SSSR count). The van der Waals surface area contributed by atoms with E-state index in [1.54, 1.807) is 6.20 Å². The first-order valence-electron chi connectivity index (χ1n) is 5.96. The molecule has 0 saturated heterocycles. The monoisotopic (exact) mass is 236 g/mol. The first-order valence-corrected chi connectivity index (χ1v) is 6.36. The number of nitrogens with two attached hydrogens (primary N) is 1. The van der Waals surface area contributed by atoms with Crippen molar-refractivity contribution in [2.45, 2.75) is 44.9 Å². The minimum Gasteiger partial charge on any atom is -0.393 e. The number of aromatic nitrogens is 1. The summed E-state index contributed by atoms with van der Waals surface area (Å²) in [5.74, 6) is 0.146. The average Bonchev–Trinajstić information content (AvgIpc) is 2.30. The van der Waals surface area contributed by atoms with Crippen LogP contribution in [0.3, 0.4) is 0 Å². The van der Waals surface area contributed by atoms with Gasteiger partial charge in [-0.15, -0.1) is 0 Å². The van der Waals surface area contributed by atoms with Gasteiger partial charge in [-0.1, -0.05) is 50.9 Å². The van der Waals surface area contributed by atoms with E-state index in [4.69, 9.17) is 18.0 Å². The van der Waals surface area contributed by atoms with Crippen molar-refractivity contribution in [2.24, 2.45) is 5.73 Å². The highest BCUT2D eigenvalue weighted by Crippen LogP contribution is 2.21. The molecule has 1 unspecified atom stereocenters. The summed E-state index contributed by atoms with van der Waals surface area (Å²) in [6, 6.07) is 5.90. The lowest BCUT2D eigenvalue weighted by Crippen LogP contribution is -2.20. The minimum atomic E-state index is 0.146. The van der Waals surface area contributed by atoms with Gasteiger partial charge in [0.1, 0.15) is 0 Å². The molecule has 0 amide bonds. The maximum absolute atomic E-state index is 5.77. The fourth-order valence-electron chi connectivity index (χ4n) is 1.79. The van der Waals surface area contributed by atoms with Gasteiger partial charge < -0.3 is 5.73 Å². The fourth-order valence-corrected chi connectivity index (χ4v) is 2.03. The van der Waals surface area contributed by atoms with Crippen LogP contribution in [0.2, 0.25) is 0 Å². The lowest BCUT2D eigenvalue weighted by Gasteiger charge is -2.14. The molecule has 3 heteroatoms. The predicted molar refractivity (Wildman–Crippen MR) is 72.5 cm³/mol. The SMILES string of the molecule is CCCCCCC(C(N)=S)c1ccccn1. The average molecular weight is 236 g/mol. The number of unbranched alkanes of at least 4 members (excludes halogenated alkanes) is 3. The van der Waals surface area contributed by atoms with Crippen LogP contribution in [-0.4, -0.2) is 9.97 Å². The molecule has 2 nitrogen and oxygen atoms in total. The Morgan fingerprint density at radius 1 is 1.38 bits per heavy atom. The molecule has 0 spiro atoms. The maximum atomic E-state index is 5.77. The molecule has 0 aliphatic carbocycles. The van der Waals surface area contributed by atoms with E-state index in [-0.39, 0.29) is 5.92 Å². The van der Waals surface area contributed by atoms with Crippen LogP contribution in [0.25, 0.3) is 0 Å². The summed E-state index contributed by atoms with van der Waals surface area (Å²) < 4.78 is 0. The fraction of sp³-hybridized carbons (Fsp3) is 0.538. The first-order chi connectivity index (χ1) is 7.75. The number of hydrogen-bond donors (Lipinski definition) is 1. The molecule has 16 heavy (non-hydrogen) atoms. The van der Waals surface area contributed by atoms with Crippen LogP contribution in [-0.2, 0) is 0 Å². The van der Waals surface area contributed by atoms with Gasteiger partial charge in [-0.2, -0.15) is 0 Å². The molecular formula is C13H20N2S. The predicted octanol–water partition coefficient (Wildman–Crippen LogP) is 3.42. The molecule has 0 fully saturated rings. The van der Waals surface area contributed by atoms with E-state index >= 15 is 0 Å². The summed E-state index contributed by atoms with van der Waals surface area (Å²) in [7, 11) is 0. The molecular weight excluding hydrogens is 216 g/mol. The molecule has 0 aliphatic rings. The lowest BCUT2D eigenvalue weighted by molar-refractivity contribution is 0.610. The van der Waals surface area contributed by atoms with Gasteiger partial charge in [-0.05, 0) is 18.6 Å². The standard InChI is InChI=1S/C13H20N2S/c1-2-3-4-5-8-11(13(14)16)12-9-6-7-10-15-12/h6-7,9-11H,2-5,8H2,1H3,(H2,14,16). The molecule has 88 valence electrons. The molecule has 1 aromatic rings. The molecule has 1 heterocycles. The van der Waals surface area contributed by atoms with Gasteiger partial charge in [0.25, 0.3) is 0 Å². The maximum Gasteiger partial charge on any atom is 0.0819 e. The van der Waals surface area contributed by atoms with Crippen LogP contribution in [0.15, 0.2) is 24.4 Å². The quantitative estimate of drug-likeness (QED) is 0.582. The van der Waals surface area contributed by atoms with Crippen LogP contribution >= 0.6 is 12.2 Å². The molecule has 0 bridgehead atoms. The van der Waals surface area contributed by atoms with Crippen molar-refractivity contribution in [1.82, 2.24) is 4.98 Å². The zero-order chi connectivity index (χ0) is 11.8. The minimum absolute atomic E-state index is 0.146. The van der Waals surface area contributed by atoms with Gasteiger partial charge >= 0.3 is 0 Å². The molecule has 0 aliphatic heterocycles. The van der Waals surface area contributed by atoms with Crippen molar-refractivity contribution >= 4 is 17.2 Å². The summed E-state index contributed by atoms with van der Waals surface area (Å²) in [6.45, 7) is 2.21. The van der Waals surface area contributed by atoms with E-state index in [1.807, 2.05) is 18.2 Å². The van der Waals surface area contributed by atoms with Crippen LogP contribution in [0, 0.1) is 0 Å². The summed E-state index contributed by atoms with van der Waals surface area (Å²) in [5, 5.41) is 0. The Morgan fingerprint density at radius 3 is 2.75 bits per heavy atom. The van der Waals surface area contributed by atoms with E-state index in [2.05, 4.69) is 11.9 Å². The largest absolute Gasteiger partial charge is 0.393 e. The van der Waals surface area contributed by atoms with E-state index in [0.717, 1.165) is 12.1 Å². The number of thiocarbonyl (C=S) groups is 1. The zero-order valence-corrected chi connectivity index (χ0v) is 10.7. The summed E-state index contributed by atoms with van der Waals surface area (Å²) in [4.78, 5) is 4.90. The number of rotatable bonds is 7. The Balaban J connectivity index is 2.52. The normalized spacial score (nSPS) is 12.3. The third-order valence-electron chi connectivity index (χ3n) is 2.73. The highest BCUT2D eigenvalue weighted by Gasteiger charge is 2.14. The van der Waals surface area contributed by atoms with Crippen molar-refractivity contribution < 1.29 is 0 Å². The lowest BCUT2D eigenvalue weighted by atomic mass is 9.97. The van der Waals surface area contributed by atoms with Gasteiger partial charge in [0.05, 0.1) is 16.6 Å². The molecule has 2 N–H and O–H groups in total. The van der Waals surface area contributed by atoms with Crippen molar-refractivity contribution in [3.63, 3.8) is 0 Å². The van der Waals surface area contributed by atoms with E-state index < -0.39 is 0 Å². The summed E-state index contributed by atoms with van der Waals surface area (Å²) >= 11 is 5.11. The van der Waals surface area contributed by atoms with Gasteiger partial charge in [-0.3, -0.25) is 4.98 Å². The van der Waals surface area contributed by atoms with Crippen LogP contribution in [0.1, 0.15) is 50.6 Å². The van der Waals surface area contributed by atoms with Gasteiger partial charge in [0, 0.05) is 6.20 Å². The van der Waals surface area contributed by atoms with E-state index in [0.29, 0.717) is 4.99 Å². The Kier molecular flexibility index (Phi) is 6.01. The van der Waals surface area contributed by atoms with E-state index in [9.17, 15) is 0 Å². The molecule has 0 saturated carbocycles. The number of hydrogen-bond acceptors (Lipinski definition) is 2. The Morgan fingerprint density at radius 2 is 2.19 bits per heavy atom. The highest BCUT2D eigenvalue weighted by atomic mass is 32.1. The topological polar surface area (TPSA) is 38.9 Å². The van der Waals surface area contributed by atoms with Crippen molar-refractivity contribution in [3.05, 3.63) is 30.1 Å². The van der Waals surface area contributed by atoms with E-state index in [1.165, 1.54) is 25.7 Å². The van der Waals surface area contributed by atoms with Crippen LogP contribution in [0.4, 0.5) is 0 Å².